The average Bonchev–Trinajstić information content (AvgIpc) is 2.46. The Morgan fingerprint density at radius 1 is 1.24 bits per heavy atom. The summed E-state index contributed by atoms with van der Waals surface area (Å²) >= 11 is 0. The maximum atomic E-state index is 11.8. The fourth-order valence-corrected chi connectivity index (χ4v) is 1.72. The molecule has 0 spiro atoms. The lowest BCUT2D eigenvalue weighted by Crippen LogP contribution is -2.31. The lowest BCUT2D eigenvalue weighted by atomic mass is 10.1. The van der Waals surface area contributed by atoms with E-state index in [1.165, 1.54) is 0 Å². The molecule has 0 bridgehead atoms. The summed E-state index contributed by atoms with van der Waals surface area (Å²) in [4.78, 5) is 38.3. The molecule has 1 heterocycles. The van der Waals surface area contributed by atoms with E-state index in [-0.39, 0.29) is 5.56 Å². The fraction of sp³-hybridized carbons (Fsp3) is 0.143. The SMILES string of the molecule is C/C(Cc1ccccc1)=N/NC(=O)c1c[nH]c(=O)[nH]c1=O. The highest BCUT2D eigenvalue weighted by atomic mass is 16.2. The first-order valence-electron chi connectivity index (χ1n) is 6.25. The van der Waals surface area contributed by atoms with Gasteiger partial charge in [0.1, 0.15) is 5.56 Å². The first-order valence-corrected chi connectivity index (χ1v) is 6.25. The normalized spacial score (nSPS) is 11.2. The maximum Gasteiger partial charge on any atom is 0.325 e. The van der Waals surface area contributed by atoms with Crippen LogP contribution in [0.25, 0.3) is 0 Å². The van der Waals surface area contributed by atoms with Gasteiger partial charge in [-0.05, 0) is 12.5 Å². The van der Waals surface area contributed by atoms with Crippen molar-refractivity contribution in [3.8, 4) is 0 Å². The molecule has 0 aliphatic carbocycles. The van der Waals surface area contributed by atoms with Crippen molar-refractivity contribution in [2.24, 2.45) is 5.10 Å². The number of hydrazone groups is 1. The van der Waals surface area contributed by atoms with Gasteiger partial charge in [0, 0.05) is 18.3 Å². The van der Waals surface area contributed by atoms with Crippen molar-refractivity contribution in [2.75, 3.05) is 0 Å². The zero-order valence-corrected chi connectivity index (χ0v) is 11.3. The molecule has 108 valence electrons. The molecule has 0 unspecified atom stereocenters. The number of carbonyl (C=O) groups is 1. The third kappa shape index (κ3) is 4.00. The minimum absolute atomic E-state index is 0.203. The van der Waals surface area contributed by atoms with Gasteiger partial charge in [0.25, 0.3) is 11.5 Å². The summed E-state index contributed by atoms with van der Waals surface area (Å²) in [6, 6.07) is 9.66. The Morgan fingerprint density at radius 2 is 1.95 bits per heavy atom. The number of carbonyl (C=O) groups excluding carboxylic acids is 1. The van der Waals surface area contributed by atoms with Gasteiger partial charge in [-0.3, -0.25) is 14.6 Å². The zero-order chi connectivity index (χ0) is 15.2. The Bertz CT molecular complexity index is 775. The van der Waals surface area contributed by atoms with E-state index in [1.807, 2.05) is 35.3 Å². The Kier molecular flexibility index (Phi) is 4.45. The van der Waals surface area contributed by atoms with Crippen LogP contribution in [0.4, 0.5) is 0 Å². The molecule has 21 heavy (non-hydrogen) atoms. The topological polar surface area (TPSA) is 107 Å². The largest absolute Gasteiger partial charge is 0.325 e. The average molecular weight is 286 g/mol. The smallest absolute Gasteiger partial charge is 0.313 e. The summed E-state index contributed by atoms with van der Waals surface area (Å²) in [5, 5.41) is 3.93. The van der Waals surface area contributed by atoms with Crippen molar-refractivity contribution < 1.29 is 4.79 Å². The molecule has 1 aromatic heterocycles. The Morgan fingerprint density at radius 3 is 2.62 bits per heavy atom. The van der Waals surface area contributed by atoms with Crippen molar-refractivity contribution in [2.45, 2.75) is 13.3 Å². The molecule has 0 saturated carbocycles. The van der Waals surface area contributed by atoms with Crippen LogP contribution in [0, 0.1) is 0 Å². The minimum Gasteiger partial charge on any atom is -0.313 e. The van der Waals surface area contributed by atoms with Crippen molar-refractivity contribution >= 4 is 11.6 Å². The highest BCUT2D eigenvalue weighted by Crippen LogP contribution is 2.00. The number of rotatable bonds is 4. The van der Waals surface area contributed by atoms with Crippen LogP contribution in [-0.2, 0) is 6.42 Å². The number of amides is 1. The van der Waals surface area contributed by atoms with E-state index < -0.39 is 17.2 Å². The van der Waals surface area contributed by atoms with Crippen LogP contribution in [-0.4, -0.2) is 21.6 Å². The Labute approximate surface area is 119 Å². The van der Waals surface area contributed by atoms with Crippen molar-refractivity contribution in [3.63, 3.8) is 0 Å². The second kappa shape index (κ2) is 6.47. The molecule has 0 atom stereocenters. The number of nitrogens with zero attached hydrogens (tertiary/aromatic N) is 1. The predicted octanol–water partition coefficient (Wildman–Crippen LogP) is 0.412. The van der Waals surface area contributed by atoms with Gasteiger partial charge >= 0.3 is 5.69 Å². The van der Waals surface area contributed by atoms with Crippen LogP contribution >= 0.6 is 0 Å². The molecule has 0 saturated heterocycles. The van der Waals surface area contributed by atoms with E-state index in [0.29, 0.717) is 12.1 Å². The summed E-state index contributed by atoms with van der Waals surface area (Å²) < 4.78 is 0. The quantitative estimate of drug-likeness (QED) is 0.559. The number of H-pyrrole nitrogens is 2. The molecule has 0 aliphatic heterocycles. The molecule has 1 amide bonds. The van der Waals surface area contributed by atoms with Gasteiger partial charge in [0.05, 0.1) is 0 Å². The molecule has 7 heteroatoms. The van der Waals surface area contributed by atoms with Gasteiger partial charge in [-0.1, -0.05) is 30.3 Å². The van der Waals surface area contributed by atoms with E-state index in [4.69, 9.17) is 0 Å². The van der Waals surface area contributed by atoms with E-state index >= 15 is 0 Å². The second-order valence-corrected chi connectivity index (χ2v) is 4.44. The van der Waals surface area contributed by atoms with E-state index in [2.05, 4.69) is 15.5 Å². The van der Waals surface area contributed by atoms with E-state index in [9.17, 15) is 14.4 Å². The predicted molar refractivity (Wildman–Crippen MR) is 78.4 cm³/mol. The third-order valence-corrected chi connectivity index (χ3v) is 2.72. The van der Waals surface area contributed by atoms with Crippen molar-refractivity contribution in [1.29, 1.82) is 0 Å². The summed E-state index contributed by atoms with van der Waals surface area (Å²) in [6.45, 7) is 1.77. The molecule has 2 aromatic rings. The van der Waals surface area contributed by atoms with Crippen LogP contribution in [0.15, 0.2) is 51.2 Å². The molecule has 2 rings (SSSR count). The fourth-order valence-electron chi connectivity index (χ4n) is 1.72. The maximum absolute atomic E-state index is 11.8. The zero-order valence-electron chi connectivity index (χ0n) is 11.3. The van der Waals surface area contributed by atoms with Crippen LogP contribution in [0.2, 0.25) is 0 Å². The van der Waals surface area contributed by atoms with E-state index in [0.717, 1.165) is 11.8 Å². The van der Waals surface area contributed by atoms with Crippen LogP contribution in [0.1, 0.15) is 22.8 Å². The molecule has 0 aliphatic rings. The van der Waals surface area contributed by atoms with Gasteiger partial charge in [0.15, 0.2) is 0 Å². The minimum atomic E-state index is -0.757. The standard InChI is InChI=1S/C14H14N4O3/c1-9(7-10-5-3-2-4-6-10)17-18-13(20)11-8-15-14(21)16-12(11)19/h2-6,8H,7H2,1H3,(H,18,20)(H2,15,16,19,21)/b17-9-. The van der Waals surface area contributed by atoms with Gasteiger partial charge in [0.2, 0.25) is 0 Å². The molecule has 7 nitrogen and oxygen atoms in total. The second-order valence-electron chi connectivity index (χ2n) is 4.44. The summed E-state index contributed by atoms with van der Waals surface area (Å²) in [6.07, 6.45) is 1.64. The first kappa shape index (κ1) is 14.4. The molecule has 0 fully saturated rings. The van der Waals surface area contributed by atoms with Gasteiger partial charge in [-0.2, -0.15) is 5.10 Å². The number of aromatic nitrogens is 2. The van der Waals surface area contributed by atoms with Gasteiger partial charge < -0.3 is 4.98 Å². The van der Waals surface area contributed by atoms with Crippen molar-refractivity contribution in [1.82, 2.24) is 15.4 Å². The molecule has 1 aromatic carbocycles. The van der Waals surface area contributed by atoms with Crippen molar-refractivity contribution in [3.05, 3.63) is 68.5 Å². The number of hydrogen-bond acceptors (Lipinski definition) is 4. The highest BCUT2D eigenvalue weighted by molar-refractivity contribution is 5.94. The summed E-state index contributed by atoms with van der Waals surface area (Å²) in [5.41, 5.74) is 2.41. The lowest BCUT2D eigenvalue weighted by molar-refractivity contribution is 0.0952. The summed E-state index contributed by atoms with van der Waals surface area (Å²) in [5.74, 6) is -0.681. The number of benzene rings is 1. The first-order chi connectivity index (χ1) is 10.1. The number of nitrogens with one attached hydrogen (secondary N) is 3. The van der Waals surface area contributed by atoms with E-state index in [1.54, 1.807) is 6.92 Å². The monoisotopic (exact) mass is 286 g/mol. The summed E-state index contributed by atoms with van der Waals surface area (Å²) in [7, 11) is 0. The Hall–Kier alpha value is -2.96. The molecule has 3 N–H and O–H groups in total. The lowest BCUT2D eigenvalue weighted by Gasteiger charge is -2.02. The van der Waals surface area contributed by atoms with Gasteiger partial charge in [-0.15, -0.1) is 0 Å². The van der Waals surface area contributed by atoms with Crippen LogP contribution in [0.3, 0.4) is 0 Å². The van der Waals surface area contributed by atoms with Crippen LogP contribution < -0.4 is 16.7 Å². The van der Waals surface area contributed by atoms with Gasteiger partial charge in [-0.25, -0.2) is 10.2 Å². The molecular weight excluding hydrogens is 272 g/mol. The highest BCUT2D eigenvalue weighted by Gasteiger charge is 2.10. The number of aromatic amines is 2. The Balaban J connectivity index is 2.04. The molecular formula is C14H14N4O3. The molecule has 0 radical (unpaired) electrons. The van der Waals surface area contributed by atoms with Crippen LogP contribution in [0.5, 0.6) is 0 Å². The third-order valence-electron chi connectivity index (χ3n) is 2.72. The number of hydrogen-bond donors (Lipinski definition) is 3.